The van der Waals surface area contributed by atoms with Crippen LogP contribution in [-0.2, 0) is 0 Å². The van der Waals surface area contributed by atoms with Gasteiger partial charge in [0.05, 0.1) is 4.92 Å². The molecule has 0 amide bonds. The van der Waals surface area contributed by atoms with Crippen molar-refractivity contribution in [2.45, 2.75) is 32.7 Å². The molecule has 0 saturated heterocycles. The fraction of sp³-hybridized carbons (Fsp3) is 0.400. The number of hydrogen-bond donors (Lipinski definition) is 1. The van der Waals surface area contributed by atoms with E-state index in [4.69, 9.17) is 0 Å². The summed E-state index contributed by atoms with van der Waals surface area (Å²) >= 11 is 0. The molecule has 2 aromatic rings. The topological polar surface area (TPSA) is 68.1 Å². The van der Waals surface area contributed by atoms with Gasteiger partial charge in [0.2, 0.25) is 0 Å². The number of anilines is 1. The first-order valence-electron chi connectivity index (χ1n) is 6.87. The second-order valence-corrected chi connectivity index (χ2v) is 5.51. The van der Waals surface area contributed by atoms with Crippen LogP contribution in [0.25, 0.3) is 10.9 Å². The average Bonchev–Trinajstić information content (AvgIpc) is 3.21. The van der Waals surface area contributed by atoms with Crippen molar-refractivity contribution in [1.29, 1.82) is 0 Å². The minimum atomic E-state index is -0.372. The van der Waals surface area contributed by atoms with Crippen LogP contribution in [0.5, 0.6) is 0 Å². The maximum atomic E-state index is 11.1. The number of nitro benzene ring substituents is 1. The van der Waals surface area contributed by atoms with Gasteiger partial charge in [0.1, 0.15) is 0 Å². The largest absolute Gasteiger partial charge is 0.382 e. The summed E-state index contributed by atoms with van der Waals surface area (Å²) in [6, 6.07) is 7.45. The number of nitrogens with one attached hydrogen (secondary N) is 1. The summed E-state index contributed by atoms with van der Waals surface area (Å²) in [5.74, 6) is 0.720. The zero-order valence-corrected chi connectivity index (χ0v) is 11.6. The lowest BCUT2D eigenvalue weighted by Crippen LogP contribution is -2.17. The molecule has 0 aliphatic heterocycles. The highest BCUT2D eigenvalue weighted by molar-refractivity contribution is 5.96. The highest BCUT2D eigenvalue weighted by atomic mass is 16.6. The molecule has 20 heavy (non-hydrogen) atoms. The molecule has 1 aliphatic rings. The molecule has 3 rings (SSSR count). The quantitative estimate of drug-likeness (QED) is 0.680. The van der Waals surface area contributed by atoms with Crippen LogP contribution >= 0.6 is 0 Å². The molecular formula is C15H17N3O2. The van der Waals surface area contributed by atoms with Gasteiger partial charge >= 0.3 is 0 Å². The van der Waals surface area contributed by atoms with Crippen molar-refractivity contribution in [2.75, 3.05) is 5.32 Å². The third-order valence-corrected chi connectivity index (χ3v) is 3.86. The molecule has 1 heterocycles. The predicted octanol–water partition coefficient (Wildman–Crippen LogP) is 3.66. The highest BCUT2D eigenvalue weighted by Gasteiger charge is 2.28. The first-order valence-corrected chi connectivity index (χ1v) is 6.87. The molecule has 1 saturated carbocycles. The standard InChI is InChI=1S/C15H17N3O2/c1-9-8-13(17-10(2)11-6-7-11)12-4-3-5-14(18(19)20)15(12)16-9/h3-5,8,10-11H,6-7H2,1-2H3,(H,16,17). The van der Waals surface area contributed by atoms with Crippen molar-refractivity contribution in [3.05, 3.63) is 40.1 Å². The van der Waals surface area contributed by atoms with Gasteiger partial charge in [-0.3, -0.25) is 10.1 Å². The van der Waals surface area contributed by atoms with Crippen LogP contribution in [-0.4, -0.2) is 15.9 Å². The summed E-state index contributed by atoms with van der Waals surface area (Å²) in [6.45, 7) is 4.03. The number of aryl methyl sites for hydroxylation is 1. The fourth-order valence-electron chi connectivity index (χ4n) is 2.59. The van der Waals surface area contributed by atoms with Crippen LogP contribution in [0.3, 0.4) is 0 Å². The third kappa shape index (κ3) is 2.31. The van der Waals surface area contributed by atoms with Crippen molar-refractivity contribution >= 4 is 22.3 Å². The molecule has 1 aromatic carbocycles. The van der Waals surface area contributed by atoms with Gasteiger partial charge in [-0.15, -0.1) is 0 Å². The molecule has 5 nitrogen and oxygen atoms in total. The monoisotopic (exact) mass is 271 g/mol. The van der Waals surface area contributed by atoms with Crippen LogP contribution in [0.15, 0.2) is 24.3 Å². The number of nitro groups is 1. The number of aromatic nitrogens is 1. The van der Waals surface area contributed by atoms with Crippen molar-refractivity contribution in [2.24, 2.45) is 5.92 Å². The minimum Gasteiger partial charge on any atom is -0.382 e. The van der Waals surface area contributed by atoms with E-state index in [0.29, 0.717) is 11.6 Å². The SMILES string of the molecule is Cc1cc(NC(C)C2CC2)c2cccc([N+](=O)[O-])c2n1. The van der Waals surface area contributed by atoms with Crippen LogP contribution < -0.4 is 5.32 Å². The Morgan fingerprint density at radius 2 is 2.20 bits per heavy atom. The van der Waals surface area contributed by atoms with Crippen molar-refractivity contribution in [3.8, 4) is 0 Å². The molecule has 1 fully saturated rings. The predicted molar refractivity (Wildman–Crippen MR) is 78.9 cm³/mol. The summed E-state index contributed by atoms with van der Waals surface area (Å²) in [5, 5.41) is 15.4. The Labute approximate surface area is 117 Å². The Bertz CT molecular complexity index is 680. The second kappa shape index (κ2) is 4.74. The maximum absolute atomic E-state index is 11.1. The fourth-order valence-corrected chi connectivity index (χ4v) is 2.59. The molecule has 1 atom stereocenters. The summed E-state index contributed by atoms with van der Waals surface area (Å²) < 4.78 is 0. The lowest BCUT2D eigenvalue weighted by Gasteiger charge is -2.16. The summed E-state index contributed by atoms with van der Waals surface area (Å²) in [4.78, 5) is 15.1. The number of pyridine rings is 1. The zero-order valence-electron chi connectivity index (χ0n) is 11.6. The van der Waals surface area contributed by atoms with E-state index < -0.39 is 0 Å². The molecule has 0 bridgehead atoms. The number of non-ortho nitro benzene ring substituents is 1. The lowest BCUT2D eigenvalue weighted by atomic mass is 10.1. The van der Waals surface area contributed by atoms with E-state index in [1.165, 1.54) is 18.9 Å². The Kier molecular flexibility index (Phi) is 3.04. The molecule has 1 aliphatic carbocycles. The summed E-state index contributed by atoms with van der Waals surface area (Å²) in [5.41, 5.74) is 2.25. The van der Waals surface area contributed by atoms with Crippen LogP contribution in [0.4, 0.5) is 11.4 Å². The molecule has 0 radical (unpaired) electrons. The van der Waals surface area contributed by atoms with Gasteiger partial charge in [0.25, 0.3) is 5.69 Å². The number of nitrogens with zero attached hydrogens (tertiary/aromatic N) is 2. The van der Waals surface area contributed by atoms with Crippen molar-refractivity contribution in [1.82, 2.24) is 4.98 Å². The number of rotatable bonds is 4. The van der Waals surface area contributed by atoms with Gasteiger partial charge in [0.15, 0.2) is 5.52 Å². The third-order valence-electron chi connectivity index (χ3n) is 3.86. The number of hydrogen-bond acceptors (Lipinski definition) is 4. The van der Waals surface area contributed by atoms with Gasteiger partial charge in [-0.1, -0.05) is 12.1 Å². The Morgan fingerprint density at radius 3 is 2.85 bits per heavy atom. The van der Waals surface area contributed by atoms with Crippen molar-refractivity contribution < 1.29 is 4.92 Å². The minimum absolute atomic E-state index is 0.0633. The normalized spacial score (nSPS) is 16.1. The van der Waals surface area contributed by atoms with Crippen LogP contribution in [0.2, 0.25) is 0 Å². The molecule has 104 valence electrons. The lowest BCUT2D eigenvalue weighted by molar-refractivity contribution is -0.383. The van der Waals surface area contributed by atoms with E-state index >= 15 is 0 Å². The highest BCUT2D eigenvalue weighted by Crippen LogP contribution is 2.36. The molecule has 0 spiro atoms. The van der Waals surface area contributed by atoms with Gasteiger partial charge in [-0.25, -0.2) is 4.98 Å². The van der Waals surface area contributed by atoms with Gasteiger partial charge in [0, 0.05) is 28.9 Å². The van der Waals surface area contributed by atoms with Gasteiger partial charge in [-0.05, 0) is 38.7 Å². The van der Waals surface area contributed by atoms with E-state index in [0.717, 1.165) is 22.7 Å². The molecule has 1 N–H and O–H groups in total. The number of para-hydroxylation sites is 1. The van der Waals surface area contributed by atoms with E-state index in [1.807, 2.05) is 19.1 Å². The van der Waals surface area contributed by atoms with E-state index in [9.17, 15) is 10.1 Å². The zero-order chi connectivity index (χ0) is 14.3. The van der Waals surface area contributed by atoms with E-state index in [1.54, 1.807) is 6.07 Å². The maximum Gasteiger partial charge on any atom is 0.295 e. The molecular weight excluding hydrogens is 254 g/mol. The molecule has 1 unspecified atom stereocenters. The van der Waals surface area contributed by atoms with Gasteiger partial charge < -0.3 is 5.32 Å². The average molecular weight is 271 g/mol. The first kappa shape index (κ1) is 12.8. The first-order chi connectivity index (χ1) is 9.56. The van der Waals surface area contributed by atoms with Crippen LogP contribution in [0, 0.1) is 23.0 Å². The molecule has 1 aromatic heterocycles. The smallest absolute Gasteiger partial charge is 0.295 e. The molecule has 5 heteroatoms. The number of fused-ring (bicyclic) bond motifs is 1. The summed E-state index contributed by atoms with van der Waals surface area (Å²) in [6.07, 6.45) is 2.52. The Morgan fingerprint density at radius 1 is 1.45 bits per heavy atom. The van der Waals surface area contributed by atoms with E-state index in [2.05, 4.69) is 17.2 Å². The second-order valence-electron chi connectivity index (χ2n) is 5.51. The number of benzene rings is 1. The van der Waals surface area contributed by atoms with Crippen molar-refractivity contribution in [3.63, 3.8) is 0 Å². The van der Waals surface area contributed by atoms with E-state index in [-0.39, 0.29) is 10.6 Å². The van der Waals surface area contributed by atoms with Crippen LogP contribution in [0.1, 0.15) is 25.5 Å². The van der Waals surface area contributed by atoms with Gasteiger partial charge in [-0.2, -0.15) is 0 Å². The Hall–Kier alpha value is -2.17. The summed E-state index contributed by atoms with van der Waals surface area (Å²) in [7, 11) is 0. The Balaban J connectivity index is 2.11.